The van der Waals surface area contributed by atoms with E-state index in [-0.39, 0.29) is 11.8 Å². The fraction of sp³-hybridized carbons (Fsp3) is 0.357. The molecule has 1 aliphatic rings. The van der Waals surface area contributed by atoms with Crippen molar-refractivity contribution < 1.29 is 14.4 Å². The summed E-state index contributed by atoms with van der Waals surface area (Å²) in [4.78, 5) is 33.5. The molecule has 4 nitrogen and oxygen atoms in total. The third-order valence-corrected chi connectivity index (χ3v) is 3.52. The first-order valence-corrected chi connectivity index (χ1v) is 5.93. The van der Waals surface area contributed by atoms with Gasteiger partial charge in [0.1, 0.15) is 6.29 Å². The van der Waals surface area contributed by atoms with E-state index < -0.39 is 5.41 Å². The van der Waals surface area contributed by atoms with Gasteiger partial charge in [0.2, 0.25) is 11.8 Å². The fourth-order valence-corrected chi connectivity index (χ4v) is 2.18. The molecule has 0 bridgehead atoms. The normalized spacial score (nSPS) is 23.6. The number of carbonyl (C=O) groups is 3. The SMILES string of the molecule is CC1(c2ccc(CC=O)cc2)CCC(=O)NC1=O. The number of carbonyl (C=O) groups excluding carboxylic acids is 3. The summed E-state index contributed by atoms with van der Waals surface area (Å²) in [6.45, 7) is 1.84. The number of rotatable bonds is 3. The molecule has 1 aromatic rings. The number of benzene rings is 1. The monoisotopic (exact) mass is 245 g/mol. The highest BCUT2D eigenvalue weighted by atomic mass is 16.2. The van der Waals surface area contributed by atoms with E-state index in [1.54, 1.807) is 0 Å². The van der Waals surface area contributed by atoms with Crippen LogP contribution in [0.15, 0.2) is 24.3 Å². The second-order valence-electron chi connectivity index (χ2n) is 4.78. The van der Waals surface area contributed by atoms with E-state index in [2.05, 4.69) is 5.32 Å². The number of piperidine rings is 1. The van der Waals surface area contributed by atoms with E-state index in [4.69, 9.17) is 0 Å². The summed E-state index contributed by atoms with van der Waals surface area (Å²) < 4.78 is 0. The summed E-state index contributed by atoms with van der Waals surface area (Å²) in [6, 6.07) is 7.40. The van der Waals surface area contributed by atoms with Crippen molar-refractivity contribution >= 4 is 18.1 Å². The highest BCUT2D eigenvalue weighted by molar-refractivity contribution is 6.03. The number of nitrogens with one attached hydrogen (secondary N) is 1. The minimum absolute atomic E-state index is 0.213. The number of hydrogen-bond donors (Lipinski definition) is 1. The molecule has 1 aliphatic heterocycles. The average molecular weight is 245 g/mol. The molecule has 0 spiro atoms. The van der Waals surface area contributed by atoms with Gasteiger partial charge < -0.3 is 4.79 Å². The zero-order valence-corrected chi connectivity index (χ0v) is 10.2. The van der Waals surface area contributed by atoms with Crippen molar-refractivity contribution in [2.45, 2.75) is 31.6 Å². The quantitative estimate of drug-likeness (QED) is 0.641. The van der Waals surface area contributed by atoms with Gasteiger partial charge in [-0.2, -0.15) is 0 Å². The van der Waals surface area contributed by atoms with Gasteiger partial charge >= 0.3 is 0 Å². The Hall–Kier alpha value is -1.97. The predicted octanol–water partition coefficient (Wildman–Crippen LogP) is 1.12. The van der Waals surface area contributed by atoms with Crippen molar-refractivity contribution in [2.24, 2.45) is 0 Å². The fourth-order valence-electron chi connectivity index (χ4n) is 2.18. The van der Waals surface area contributed by atoms with Crippen LogP contribution in [0.1, 0.15) is 30.9 Å². The van der Waals surface area contributed by atoms with Gasteiger partial charge in [-0.3, -0.25) is 14.9 Å². The first kappa shape index (κ1) is 12.5. The molecule has 0 saturated carbocycles. The number of hydrogen-bond acceptors (Lipinski definition) is 3. The van der Waals surface area contributed by atoms with Crippen molar-refractivity contribution in [3.63, 3.8) is 0 Å². The Labute approximate surface area is 105 Å². The van der Waals surface area contributed by atoms with Crippen molar-refractivity contribution in [2.75, 3.05) is 0 Å². The van der Waals surface area contributed by atoms with E-state index >= 15 is 0 Å². The Balaban J connectivity index is 2.26. The number of aldehydes is 1. The van der Waals surface area contributed by atoms with Gasteiger partial charge in [0, 0.05) is 12.8 Å². The zero-order chi connectivity index (χ0) is 13.2. The largest absolute Gasteiger partial charge is 0.303 e. The minimum Gasteiger partial charge on any atom is -0.303 e. The molecule has 1 aromatic carbocycles. The predicted molar refractivity (Wildman–Crippen MR) is 65.9 cm³/mol. The van der Waals surface area contributed by atoms with Gasteiger partial charge in [-0.1, -0.05) is 24.3 Å². The highest BCUT2D eigenvalue weighted by Crippen LogP contribution is 2.32. The maximum absolute atomic E-state index is 11.9. The summed E-state index contributed by atoms with van der Waals surface area (Å²) in [5.41, 5.74) is 1.14. The summed E-state index contributed by atoms with van der Waals surface area (Å²) in [7, 11) is 0. The molecule has 1 unspecified atom stereocenters. The lowest BCUT2D eigenvalue weighted by molar-refractivity contribution is -0.137. The zero-order valence-electron chi connectivity index (χ0n) is 10.2. The molecule has 4 heteroatoms. The first-order chi connectivity index (χ1) is 8.56. The topological polar surface area (TPSA) is 63.2 Å². The van der Waals surface area contributed by atoms with Crippen molar-refractivity contribution in [3.05, 3.63) is 35.4 Å². The molecule has 1 saturated heterocycles. The Bertz CT molecular complexity index is 492. The van der Waals surface area contributed by atoms with Crippen molar-refractivity contribution in [1.29, 1.82) is 0 Å². The van der Waals surface area contributed by atoms with Gasteiger partial charge in [0.05, 0.1) is 5.41 Å². The van der Waals surface area contributed by atoms with Crippen LogP contribution in [-0.4, -0.2) is 18.1 Å². The Morgan fingerprint density at radius 2 is 1.94 bits per heavy atom. The van der Waals surface area contributed by atoms with Gasteiger partial charge in [-0.25, -0.2) is 0 Å². The van der Waals surface area contributed by atoms with Gasteiger partial charge in [-0.05, 0) is 24.5 Å². The lowest BCUT2D eigenvalue weighted by atomic mass is 9.75. The average Bonchev–Trinajstić information content (AvgIpc) is 2.36. The van der Waals surface area contributed by atoms with Crippen LogP contribution in [0.2, 0.25) is 0 Å². The molecular weight excluding hydrogens is 230 g/mol. The first-order valence-electron chi connectivity index (χ1n) is 5.93. The summed E-state index contributed by atoms with van der Waals surface area (Å²) >= 11 is 0. The van der Waals surface area contributed by atoms with E-state index in [0.29, 0.717) is 19.3 Å². The number of amides is 2. The van der Waals surface area contributed by atoms with Gasteiger partial charge in [-0.15, -0.1) is 0 Å². The third-order valence-electron chi connectivity index (χ3n) is 3.52. The Kier molecular flexibility index (Phi) is 3.28. The molecular formula is C14H15NO3. The van der Waals surface area contributed by atoms with E-state index in [1.165, 1.54) is 0 Å². The van der Waals surface area contributed by atoms with Crippen LogP contribution in [0, 0.1) is 0 Å². The molecule has 0 radical (unpaired) electrons. The number of imide groups is 1. The van der Waals surface area contributed by atoms with E-state index in [0.717, 1.165) is 17.4 Å². The second kappa shape index (κ2) is 4.72. The van der Waals surface area contributed by atoms with Crippen LogP contribution in [-0.2, 0) is 26.2 Å². The highest BCUT2D eigenvalue weighted by Gasteiger charge is 2.39. The molecule has 1 heterocycles. The van der Waals surface area contributed by atoms with Crippen LogP contribution >= 0.6 is 0 Å². The van der Waals surface area contributed by atoms with Crippen molar-refractivity contribution in [1.82, 2.24) is 5.32 Å². The van der Waals surface area contributed by atoms with Crippen LogP contribution < -0.4 is 5.32 Å². The standard InChI is InChI=1S/C14H15NO3/c1-14(8-6-12(17)15-13(14)18)11-4-2-10(3-5-11)7-9-16/h2-5,9H,6-8H2,1H3,(H,15,17,18). The minimum atomic E-state index is -0.659. The van der Waals surface area contributed by atoms with Gasteiger partial charge in [0.15, 0.2) is 0 Å². The van der Waals surface area contributed by atoms with Crippen LogP contribution in [0.4, 0.5) is 0 Å². The maximum Gasteiger partial charge on any atom is 0.236 e. The molecule has 0 aliphatic carbocycles. The molecule has 2 rings (SSSR count). The van der Waals surface area contributed by atoms with Gasteiger partial charge in [0.25, 0.3) is 0 Å². The third kappa shape index (κ3) is 2.18. The molecule has 1 atom stereocenters. The summed E-state index contributed by atoms with van der Waals surface area (Å²) in [5, 5.41) is 2.37. The summed E-state index contributed by atoms with van der Waals surface area (Å²) in [5.74, 6) is -0.461. The van der Waals surface area contributed by atoms with E-state index in [9.17, 15) is 14.4 Å². The van der Waals surface area contributed by atoms with Crippen molar-refractivity contribution in [3.8, 4) is 0 Å². The lowest BCUT2D eigenvalue weighted by Crippen LogP contribution is -2.49. The van der Waals surface area contributed by atoms with E-state index in [1.807, 2.05) is 31.2 Å². The van der Waals surface area contributed by atoms with Crippen LogP contribution in [0.25, 0.3) is 0 Å². The molecule has 94 valence electrons. The Morgan fingerprint density at radius 1 is 1.28 bits per heavy atom. The molecule has 1 fully saturated rings. The maximum atomic E-state index is 11.9. The van der Waals surface area contributed by atoms with Crippen LogP contribution in [0.3, 0.4) is 0 Å². The lowest BCUT2D eigenvalue weighted by Gasteiger charge is -2.32. The molecule has 18 heavy (non-hydrogen) atoms. The smallest absolute Gasteiger partial charge is 0.236 e. The Morgan fingerprint density at radius 3 is 2.50 bits per heavy atom. The van der Waals surface area contributed by atoms with Crippen LogP contribution in [0.5, 0.6) is 0 Å². The molecule has 0 aromatic heterocycles. The summed E-state index contributed by atoms with van der Waals surface area (Å²) in [6.07, 6.45) is 2.10. The molecule has 2 amide bonds. The molecule has 1 N–H and O–H groups in total. The second-order valence-corrected chi connectivity index (χ2v) is 4.78.